The third-order valence-electron chi connectivity index (χ3n) is 6.09. The number of benzene rings is 1. The van der Waals surface area contributed by atoms with Gasteiger partial charge in [-0.15, -0.1) is 5.10 Å². The molecule has 0 spiro atoms. The number of aromatic nitrogens is 4. The van der Waals surface area contributed by atoms with Gasteiger partial charge in [0.25, 0.3) is 0 Å². The molecule has 0 aliphatic carbocycles. The van der Waals surface area contributed by atoms with Crippen molar-refractivity contribution in [2.45, 2.75) is 38.8 Å². The second-order valence-electron chi connectivity index (χ2n) is 8.28. The van der Waals surface area contributed by atoms with Crippen LogP contribution in [0.15, 0.2) is 18.2 Å². The number of tetrazole rings is 1. The summed E-state index contributed by atoms with van der Waals surface area (Å²) < 4.78 is 13.0. The molecule has 0 amide bonds. The van der Waals surface area contributed by atoms with Crippen LogP contribution in [0.3, 0.4) is 0 Å². The van der Waals surface area contributed by atoms with Crippen LogP contribution in [0.5, 0.6) is 11.5 Å². The Balaban J connectivity index is 2.08. The zero-order valence-electron chi connectivity index (χ0n) is 18.0. The Labute approximate surface area is 167 Å². The number of nitrogens with one attached hydrogen (secondary N) is 2. The maximum Gasteiger partial charge on any atom is 0.214 e. The molecule has 0 bridgehead atoms. The lowest BCUT2D eigenvalue weighted by Crippen LogP contribution is -3.27. The molecule has 0 radical (unpaired) electrons. The lowest BCUT2D eigenvalue weighted by Gasteiger charge is -2.34. The predicted octanol–water partition coefficient (Wildman–Crippen LogP) is -0.662. The topological polar surface area (TPSA) is 70.9 Å². The smallest absolute Gasteiger partial charge is 0.214 e. The predicted molar refractivity (Wildman–Crippen MR) is 106 cm³/mol. The van der Waals surface area contributed by atoms with Gasteiger partial charge in [0.05, 0.1) is 26.8 Å². The Bertz CT molecular complexity index is 783. The normalized spacial score (nSPS) is 21.4. The molecule has 0 unspecified atom stereocenters. The van der Waals surface area contributed by atoms with Crippen molar-refractivity contribution in [1.29, 1.82) is 0 Å². The molecule has 1 saturated heterocycles. The molecule has 2 heterocycles. The lowest BCUT2D eigenvalue weighted by atomic mass is 9.98. The minimum Gasteiger partial charge on any atom is -0.493 e. The van der Waals surface area contributed by atoms with Crippen LogP contribution < -0.4 is 19.3 Å². The molecule has 8 heteroatoms. The van der Waals surface area contributed by atoms with E-state index in [0.29, 0.717) is 0 Å². The summed E-state index contributed by atoms with van der Waals surface area (Å²) in [6.45, 7) is 11.0. The van der Waals surface area contributed by atoms with E-state index in [0.717, 1.165) is 55.5 Å². The van der Waals surface area contributed by atoms with E-state index in [1.54, 1.807) is 19.1 Å². The lowest BCUT2D eigenvalue weighted by molar-refractivity contribution is -1.02. The van der Waals surface area contributed by atoms with E-state index in [1.165, 1.54) is 4.90 Å². The fraction of sp³-hybridized carbons (Fsp3) is 0.650. The van der Waals surface area contributed by atoms with Gasteiger partial charge in [-0.25, -0.2) is 4.68 Å². The fourth-order valence-corrected chi connectivity index (χ4v) is 3.84. The molecule has 2 aromatic rings. The van der Waals surface area contributed by atoms with Gasteiger partial charge in [0, 0.05) is 5.56 Å². The van der Waals surface area contributed by atoms with Crippen molar-refractivity contribution < 1.29 is 19.3 Å². The van der Waals surface area contributed by atoms with Crippen LogP contribution in [0, 0.1) is 0 Å². The number of ether oxygens (including phenoxy) is 2. The Morgan fingerprint density at radius 1 is 1.11 bits per heavy atom. The Morgan fingerprint density at radius 3 is 2.39 bits per heavy atom. The number of nitrogens with zero attached hydrogens (tertiary/aromatic N) is 4. The highest BCUT2D eigenvalue weighted by molar-refractivity contribution is 5.44. The van der Waals surface area contributed by atoms with Gasteiger partial charge < -0.3 is 19.3 Å². The van der Waals surface area contributed by atoms with E-state index in [1.807, 2.05) is 10.7 Å². The average molecular weight is 391 g/mol. The molecule has 1 aliphatic heterocycles. The number of hydrogen-bond donors (Lipinski definition) is 2. The van der Waals surface area contributed by atoms with Gasteiger partial charge in [0.15, 0.2) is 17.5 Å². The molecule has 8 nitrogen and oxygen atoms in total. The number of quaternary nitrogens is 2. The number of rotatable bonds is 7. The van der Waals surface area contributed by atoms with Crippen LogP contribution in [0.25, 0.3) is 0 Å². The first-order chi connectivity index (χ1) is 13.4. The van der Waals surface area contributed by atoms with Crippen molar-refractivity contribution in [1.82, 2.24) is 20.2 Å². The van der Waals surface area contributed by atoms with Gasteiger partial charge in [-0.1, -0.05) is 6.92 Å². The van der Waals surface area contributed by atoms with Crippen molar-refractivity contribution in [3.8, 4) is 11.5 Å². The standard InChI is InChI=1S/C20H32N6O2/c1-7-20(2,3)26-19(21-22-23-26)18(25-12-10-24(4)11-13-25)15-8-9-16(27-5)17(14-15)28-6/h8-9,14,18H,7,10-13H2,1-6H3/p+2/t18-/m0/s1. The molecule has 3 rings (SSSR count). The maximum absolute atomic E-state index is 5.57. The zero-order valence-corrected chi connectivity index (χ0v) is 18.0. The Kier molecular flexibility index (Phi) is 6.20. The van der Waals surface area contributed by atoms with Gasteiger partial charge in [0.2, 0.25) is 5.82 Å². The van der Waals surface area contributed by atoms with E-state index < -0.39 is 0 Å². The van der Waals surface area contributed by atoms with Crippen LogP contribution in [0.2, 0.25) is 0 Å². The van der Waals surface area contributed by atoms with Crippen LogP contribution >= 0.6 is 0 Å². The highest BCUT2D eigenvalue weighted by atomic mass is 16.5. The first kappa shape index (κ1) is 20.5. The highest BCUT2D eigenvalue weighted by Gasteiger charge is 2.37. The van der Waals surface area contributed by atoms with E-state index in [4.69, 9.17) is 9.47 Å². The zero-order chi connectivity index (χ0) is 20.3. The molecule has 154 valence electrons. The van der Waals surface area contributed by atoms with Gasteiger partial charge in [-0.3, -0.25) is 0 Å². The van der Waals surface area contributed by atoms with Crippen LogP contribution in [-0.4, -0.2) is 67.7 Å². The van der Waals surface area contributed by atoms with Crippen LogP contribution in [0.4, 0.5) is 0 Å². The minimum atomic E-state index is -0.148. The Hall–Kier alpha value is -2.19. The highest BCUT2D eigenvalue weighted by Crippen LogP contribution is 2.32. The first-order valence-corrected chi connectivity index (χ1v) is 10.1. The van der Waals surface area contributed by atoms with Crippen LogP contribution in [-0.2, 0) is 5.54 Å². The summed E-state index contributed by atoms with van der Waals surface area (Å²) in [5.74, 6) is 2.38. The fourth-order valence-electron chi connectivity index (χ4n) is 3.84. The first-order valence-electron chi connectivity index (χ1n) is 10.1. The van der Waals surface area contributed by atoms with Crippen molar-refractivity contribution in [2.75, 3.05) is 47.4 Å². The molecule has 1 aromatic heterocycles. The third-order valence-corrected chi connectivity index (χ3v) is 6.09. The Morgan fingerprint density at radius 2 is 1.79 bits per heavy atom. The summed E-state index contributed by atoms with van der Waals surface area (Å²) in [6.07, 6.45) is 0.950. The molecule has 1 aliphatic rings. The van der Waals surface area contributed by atoms with Gasteiger partial charge in [-0.2, -0.15) is 0 Å². The van der Waals surface area contributed by atoms with E-state index in [-0.39, 0.29) is 11.6 Å². The molecular formula is C20H34N6O2+2. The second-order valence-corrected chi connectivity index (χ2v) is 8.28. The van der Waals surface area contributed by atoms with E-state index in [9.17, 15) is 0 Å². The monoisotopic (exact) mass is 390 g/mol. The second kappa shape index (κ2) is 8.45. The summed E-state index contributed by atoms with van der Waals surface area (Å²) in [4.78, 5) is 3.06. The number of likely N-dealkylation sites (N-methyl/N-ethyl adjacent to an activating group) is 1. The number of piperazine rings is 1. The summed E-state index contributed by atoms with van der Waals surface area (Å²) in [6, 6.07) is 6.21. The SMILES string of the molecule is CCC(C)(C)n1nnnc1[C@H](c1ccc(OC)c(OC)c1)[NH+]1CC[NH+](C)CC1. The minimum absolute atomic E-state index is 0.0498. The molecule has 1 aromatic carbocycles. The van der Waals surface area contributed by atoms with Crippen molar-refractivity contribution in [3.63, 3.8) is 0 Å². The average Bonchev–Trinajstić information content (AvgIpc) is 3.19. The molecule has 28 heavy (non-hydrogen) atoms. The molecular weight excluding hydrogens is 356 g/mol. The van der Waals surface area contributed by atoms with Crippen molar-refractivity contribution >= 4 is 0 Å². The van der Waals surface area contributed by atoms with E-state index >= 15 is 0 Å². The number of hydrogen-bond acceptors (Lipinski definition) is 5. The molecule has 1 fully saturated rings. The summed E-state index contributed by atoms with van der Waals surface area (Å²) in [7, 11) is 5.59. The third kappa shape index (κ3) is 3.98. The van der Waals surface area contributed by atoms with Gasteiger partial charge >= 0.3 is 0 Å². The summed E-state index contributed by atoms with van der Waals surface area (Å²) in [5, 5.41) is 12.9. The number of methoxy groups -OCH3 is 2. The molecule has 1 atom stereocenters. The van der Waals surface area contributed by atoms with E-state index in [2.05, 4.69) is 55.5 Å². The maximum atomic E-state index is 5.57. The summed E-state index contributed by atoms with van der Waals surface area (Å²) >= 11 is 0. The van der Waals surface area contributed by atoms with Gasteiger partial charge in [0.1, 0.15) is 26.2 Å². The molecule has 2 N–H and O–H groups in total. The quantitative estimate of drug-likeness (QED) is 0.657. The summed E-state index contributed by atoms with van der Waals surface area (Å²) in [5.41, 5.74) is 1.00. The van der Waals surface area contributed by atoms with Crippen molar-refractivity contribution in [3.05, 3.63) is 29.6 Å². The van der Waals surface area contributed by atoms with Crippen molar-refractivity contribution in [2.24, 2.45) is 0 Å². The largest absolute Gasteiger partial charge is 0.493 e. The molecule has 0 saturated carbocycles. The van der Waals surface area contributed by atoms with Gasteiger partial charge in [-0.05, 0) is 48.9 Å². The van der Waals surface area contributed by atoms with Crippen LogP contribution in [0.1, 0.15) is 44.6 Å².